The highest BCUT2D eigenvalue weighted by molar-refractivity contribution is 7.07. The van der Waals surface area contributed by atoms with Crippen LogP contribution < -0.4 is 10.2 Å². The van der Waals surface area contributed by atoms with Crippen LogP contribution in [-0.2, 0) is 6.42 Å². The van der Waals surface area contributed by atoms with Crippen molar-refractivity contribution in [3.63, 3.8) is 0 Å². The monoisotopic (exact) mass is 287 g/mol. The van der Waals surface area contributed by atoms with E-state index in [0.717, 1.165) is 18.8 Å². The highest BCUT2D eigenvalue weighted by atomic mass is 32.1. The van der Waals surface area contributed by atoms with E-state index in [1.165, 1.54) is 30.6 Å². The summed E-state index contributed by atoms with van der Waals surface area (Å²) in [6, 6.07) is 9.12. The fraction of sp³-hybridized carbons (Fsp3) is 0.438. The summed E-state index contributed by atoms with van der Waals surface area (Å²) in [5, 5.41) is 5.67. The highest BCUT2D eigenvalue weighted by Gasteiger charge is 2.17. The molecule has 0 bridgehead atoms. The second kappa shape index (κ2) is 6.37. The van der Waals surface area contributed by atoms with Crippen molar-refractivity contribution in [1.82, 2.24) is 10.3 Å². The molecule has 20 heavy (non-hydrogen) atoms. The minimum absolute atomic E-state index is 0.354. The minimum Gasteiger partial charge on any atom is -0.371 e. The number of hydrogen-bond donors (Lipinski definition) is 1. The summed E-state index contributed by atoms with van der Waals surface area (Å²) < 4.78 is 0. The van der Waals surface area contributed by atoms with Crippen molar-refractivity contribution < 1.29 is 0 Å². The summed E-state index contributed by atoms with van der Waals surface area (Å²) in [6.07, 6.45) is 2.36. The molecule has 2 aromatic rings. The Morgan fingerprint density at radius 3 is 3.15 bits per heavy atom. The van der Waals surface area contributed by atoms with Crippen LogP contribution in [0.15, 0.2) is 35.2 Å². The van der Waals surface area contributed by atoms with Gasteiger partial charge in [-0.05, 0) is 37.9 Å². The van der Waals surface area contributed by atoms with Crippen molar-refractivity contribution in [2.24, 2.45) is 0 Å². The van der Waals surface area contributed by atoms with Gasteiger partial charge < -0.3 is 10.2 Å². The third kappa shape index (κ3) is 3.02. The first-order valence-electron chi connectivity index (χ1n) is 7.29. The highest BCUT2D eigenvalue weighted by Crippen LogP contribution is 2.27. The van der Waals surface area contributed by atoms with E-state index >= 15 is 0 Å². The molecule has 1 N–H and O–H groups in total. The Hall–Kier alpha value is -1.39. The van der Waals surface area contributed by atoms with Gasteiger partial charge in [-0.2, -0.15) is 0 Å². The first kappa shape index (κ1) is 13.6. The number of nitrogens with one attached hydrogen (secondary N) is 1. The summed E-state index contributed by atoms with van der Waals surface area (Å²) in [5.41, 5.74) is 5.98. The second-order valence-electron chi connectivity index (χ2n) is 5.31. The standard InChI is InChI=1S/C16H21N3S/c1-13(15-11-20-12-18-15)17-8-4-9-19-10-7-14-5-2-3-6-16(14)19/h2-3,5-6,11-13,17H,4,7-10H2,1H3. The number of hydrogen-bond acceptors (Lipinski definition) is 4. The van der Waals surface area contributed by atoms with E-state index in [9.17, 15) is 0 Å². The lowest BCUT2D eigenvalue weighted by Gasteiger charge is -2.20. The molecule has 1 aromatic heterocycles. The quantitative estimate of drug-likeness (QED) is 0.827. The molecule has 1 aliphatic heterocycles. The minimum atomic E-state index is 0.354. The first-order chi connectivity index (χ1) is 9.84. The van der Waals surface area contributed by atoms with Gasteiger partial charge in [0, 0.05) is 30.2 Å². The van der Waals surface area contributed by atoms with Gasteiger partial charge in [-0.1, -0.05) is 18.2 Å². The molecular weight excluding hydrogens is 266 g/mol. The van der Waals surface area contributed by atoms with E-state index in [-0.39, 0.29) is 0 Å². The van der Waals surface area contributed by atoms with Crippen LogP contribution in [0.3, 0.4) is 0 Å². The van der Waals surface area contributed by atoms with Gasteiger partial charge >= 0.3 is 0 Å². The van der Waals surface area contributed by atoms with Gasteiger partial charge in [-0.25, -0.2) is 4.98 Å². The van der Waals surface area contributed by atoms with Crippen molar-refractivity contribution in [2.75, 3.05) is 24.5 Å². The van der Waals surface area contributed by atoms with Crippen LogP contribution in [0.4, 0.5) is 5.69 Å². The zero-order valence-corrected chi connectivity index (χ0v) is 12.7. The zero-order chi connectivity index (χ0) is 13.8. The number of nitrogens with zero attached hydrogens (tertiary/aromatic N) is 2. The number of anilines is 1. The summed E-state index contributed by atoms with van der Waals surface area (Å²) in [4.78, 5) is 6.85. The number of thiazole rings is 1. The molecule has 1 aromatic carbocycles. The molecule has 0 spiro atoms. The SMILES string of the molecule is CC(NCCCN1CCc2ccccc21)c1cscn1. The Morgan fingerprint density at radius 1 is 1.40 bits per heavy atom. The van der Waals surface area contributed by atoms with Gasteiger partial charge in [0.05, 0.1) is 11.2 Å². The van der Waals surface area contributed by atoms with Gasteiger partial charge in [-0.15, -0.1) is 11.3 Å². The molecule has 0 saturated carbocycles. The lowest BCUT2D eigenvalue weighted by Crippen LogP contribution is -2.27. The lowest BCUT2D eigenvalue weighted by molar-refractivity contribution is 0.547. The van der Waals surface area contributed by atoms with E-state index in [1.807, 2.05) is 5.51 Å². The third-order valence-corrected chi connectivity index (χ3v) is 4.54. The number of para-hydroxylation sites is 1. The van der Waals surface area contributed by atoms with Crippen molar-refractivity contribution >= 4 is 17.0 Å². The molecule has 0 saturated heterocycles. The fourth-order valence-corrected chi connectivity index (χ4v) is 3.42. The molecule has 0 amide bonds. The molecule has 106 valence electrons. The van der Waals surface area contributed by atoms with Crippen LogP contribution in [0.2, 0.25) is 0 Å². The Labute approximate surface area is 124 Å². The van der Waals surface area contributed by atoms with Crippen LogP contribution in [0.5, 0.6) is 0 Å². The van der Waals surface area contributed by atoms with Crippen LogP contribution in [0, 0.1) is 0 Å². The van der Waals surface area contributed by atoms with Gasteiger partial charge in [0.1, 0.15) is 0 Å². The topological polar surface area (TPSA) is 28.2 Å². The molecule has 0 aliphatic carbocycles. The number of benzene rings is 1. The van der Waals surface area contributed by atoms with Crippen molar-refractivity contribution in [3.05, 3.63) is 46.4 Å². The van der Waals surface area contributed by atoms with E-state index in [1.54, 1.807) is 11.3 Å². The van der Waals surface area contributed by atoms with E-state index in [0.29, 0.717) is 6.04 Å². The van der Waals surface area contributed by atoms with Crippen molar-refractivity contribution in [1.29, 1.82) is 0 Å². The van der Waals surface area contributed by atoms with Crippen LogP contribution >= 0.6 is 11.3 Å². The predicted octanol–water partition coefficient (Wildman–Crippen LogP) is 3.25. The Balaban J connectivity index is 1.43. The lowest BCUT2D eigenvalue weighted by atomic mass is 10.2. The van der Waals surface area contributed by atoms with Crippen molar-refractivity contribution in [2.45, 2.75) is 25.8 Å². The van der Waals surface area contributed by atoms with Gasteiger partial charge in [0.15, 0.2) is 0 Å². The summed E-state index contributed by atoms with van der Waals surface area (Å²) >= 11 is 1.66. The van der Waals surface area contributed by atoms with E-state index < -0.39 is 0 Å². The van der Waals surface area contributed by atoms with E-state index in [2.05, 4.69) is 51.8 Å². The Morgan fingerprint density at radius 2 is 2.30 bits per heavy atom. The number of fused-ring (bicyclic) bond motifs is 1. The maximum Gasteiger partial charge on any atom is 0.0795 e. The van der Waals surface area contributed by atoms with Crippen molar-refractivity contribution in [3.8, 4) is 0 Å². The Kier molecular flexibility index (Phi) is 4.33. The average molecular weight is 287 g/mol. The van der Waals surface area contributed by atoms with Gasteiger partial charge in [-0.3, -0.25) is 0 Å². The number of rotatable bonds is 6. The summed E-state index contributed by atoms with van der Waals surface area (Å²) in [5.74, 6) is 0. The third-order valence-electron chi connectivity index (χ3n) is 3.93. The van der Waals surface area contributed by atoms with E-state index in [4.69, 9.17) is 0 Å². The molecule has 3 rings (SSSR count). The predicted molar refractivity (Wildman–Crippen MR) is 85.5 cm³/mol. The normalized spacial score (nSPS) is 15.3. The fourth-order valence-electron chi connectivity index (χ4n) is 2.77. The average Bonchev–Trinajstić information content (AvgIpc) is 3.13. The Bertz CT molecular complexity index is 538. The summed E-state index contributed by atoms with van der Waals surface area (Å²) in [6.45, 7) is 5.52. The molecular formula is C16H21N3S. The molecule has 1 aliphatic rings. The molecule has 4 heteroatoms. The van der Waals surface area contributed by atoms with Crippen LogP contribution in [-0.4, -0.2) is 24.6 Å². The molecule has 2 heterocycles. The molecule has 1 unspecified atom stereocenters. The molecule has 1 atom stereocenters. The molecule has 0 radical (unpaired) electrons. The van der Waals surface area contributed by atoms with Crippen LogP contribution in [0.1, 0.15) is 30.6 Å². The smallest absolute Gasteiger partial charge is 0.0795 e. The van der Waals surface area contributed by atoms with Gasteiger partial charge in [0.25, 0.3) is 0 Å². The molecule has 3 nitrogen and oxygen atoms in total. The second-order valence-corrected chi connectivity index (χ2v) is 6.03. The maximum atomic E-state index is 4.35. The maximum absolute atomic E-state index is 4.35. The number of aromatic nitrogens is 1. The molecule has 0 fully saturated rings. The van der Waals surface area contributed by atoms with Crippen LogP contribution in [0.25, 0.3) is 0 Å². The zero-order valence-electron chi connectivity index (χ0n) is 11.9. The van der Waals surface area contributed by atoms with Gasteiger partial charge in [0.2, 0.25) is 0 Å². The summed E-state index contributed by atoms with van der Waals surface area (Å²) in [7, 11) is 0. The largest absolute Gasteiger partial charge is 0.371 e. The first-order valence-corrected chi connectivity index (χ1v) is 8.23.